The molecule has 0 aromatic rings. The summed E-state index contributed by atoms with van der Waals surface area (Å²) in [4.78, 5) is 0. The topological polar surface area (TPSA) is 38.7 Å². The molecule has 15 heavy (non-hydrogen) atoms. The zero-order valence-corrected chi connectivity index (χ0v) is 11.5. The smallest absolute Gasteiger partial charge is 0.192 e. The molecule has 1 aliphatic heterocycles. The molecule has 0 aromatic carbocycles. The molecule has 0 radical (unpaired) electrons. The Bertz CT molecular complexity index is 202. The Labute approximate surface area is 93.9 Å². The first kappa shape index (κ1) is 13.2. The molecular weight excluding hydrogens is 208 g/mol. The Balaban J connectivity index is 2.48. The van der Waals surface area contributed by atoms with E-state index in [9.17, 15) is 5.11 Å². The number of hydrogen-bond donors (Lipinski definition) is 1. The Morgan fingerprint density at radius 1 is 1.27 bits per heavy atom. The fourth-order valence-corrected chi connectivity index (χ4v) is 2.77. The first-order valence-electron chi connectivity index (χ1n) is 5.70. The molecule has 3 nitrogen and oxygen atoms in total. The van der Waals surface area contributed by atoms with E-state index in [2.05, 4.69) is 33.9 Å². The van der Waals surface area contributed by atoms with Crippen molar-refractivity contribution in [1.29, 1.82) is 0 Å². The van der Waals surface area contributed by atoms with E-state index < -0.39 is 14.6 Å². The van der Waals surface area contributed by atoms with Gasteiger partial charge >= 0.3 is 0 Å². The van der Waals surface area contributed by atoms with E-state index >= 15 is 0 Å². The van der Waals surface area contributed by atoms with Crippen LogP contribution in [0.1, 0.15) is 33.6 Å². The first-order chi connectivity index (χ1) is 6.72. The average Bonchev–Trinajstić information content (AvgIpc) is 2.06. The summed E-state index contributed by atoms with van der Waals surface area (Å²) < 4.78 is 11.4. The quantitative estimate of drug-likeness (QED) is 0.744. The molecule has 0 saturated carbocycles. The van der Waals surface area contributed by atoms with E-state index in [0.29, 0.717) is 13.0 Å². The summed E-state index contributed by atoms with van der Waals surface area (Å²) in [6, 6.07) is 0. The lowest BCUT2D eigenvalue weighted by molar-refractivity contribution is -0.153. The molecule has 2 atom stereocenters. The number of aliphatic hydroxyl groups is 1. The van der Waals surface area contributed by atoms with Crippen molar-refractivity contribution in [3.8, 4) is 0 Å². The van der Waals surface area contributed by atoms with Crippen LogP contribution in [-0.2, 0) is 9.16 Å². The van der Waals surface area contributed by atoms with Crippen LogP contribution in [-0.4, -0.2) is 32.4 Å². The Kier molecular flexibility index (Phi) is 3.98. The summed E-state index contributed by atoms with van der Waals surface area (Å²) in [6.07, 6.45) is 1.20. The zero-order valence-electron chi connectivity index (χ0n) is 10.5. The van der Waals surface area contributed by atoms with Crippen molar-refractivity contribution >= 4 is 8.32 Å². The molecule has 1 saturated heterocycles. The van der Waals surface area contributed by atoms with Gasteiger partial charge in [0, 0.05) is 6.42 Å². The largest absolute Gasteiger partial charge is 0.412 e. The summed E-state index contributed by atoms with van der Waals surface area (Å²) in [5.41, 5.74) is 0. The van der Waals surface area contributed by atoms with Gasteiger partial charge in [0.1, 0.15) is 0 Å². The third-order valence-corrected chi connectivity index (χ3v) is 8.01. The molecule has 0 bridgehead atoms. The van der Waals surface area contributed by atoms with E-state index in [4.69, 9.17) is 9.16 Å². The Morgan fingerprint density at radius 3 is 2.27 bits per heavy atom. The Morgan fingerprint density at radius 2 is 1.87 bits per heavy atom. The van der Waals surface area contributed by atoms with E-state index in [1.807, 2.05) is 0 Å². The van der Waals surface area contributed by atoms with Crippen LogP contribution in [0.3, 0.4) is 0 Å². The van der Waals surface area contributed by atoms with Crippen LogP contribution >= 0.6 is 0 Å². The third kappa shape index (κ3) is 3.55. The maximum atomic E-state index is 9.22. The van der Waals surface area contributed by atoms with E-state index in [1.165, 1.54) is 0 Å². The molecule has 1 N–H and O–H groups in total. The van der Waals surface area contributed by atoms with Gasteiger partial charge in [-0.1, -0.05) is 20.8 Å². The molecule has 1 unspecified atom stereocenters. The van der Waals surface area contributed by atoms with Gasteiger partial charge in [0.05, 0.1) is 12.7 Å². The molecule has 4 heteroatoms. The fraction of sp³-hybridized carbons (Fsp3) is 1.00. The van der Waals surface area contributed by atoms with Crippen molar-refractivity contribution in [3.63, 3.8) is 0 Å². The van der Waals surface area contributed by atoms with Crippen LogP contribution < -0.4 is 0 Å². The SMILES string of the molecule is CC(C)(C)[Si](C)(C)O[C@H]1CCC(O)OC1. The summed E-state index contributed by atoms with van der Waals surface area (Å²) in [5.74, 6) is 0. The van der Waals surface area contributed by atoms with Gasteiger partial charge in [-0.15, -0.1) is 0 Å². The molecular formula is C11H24O3Si. The van der Waals surface area contributed by atoms with Gasteiger partial charge in [-0.2, -0.15) is 0 Å². The molecule has 0 spiro atoms. The number of aliphatic hydroxyl groups excluding tert-OH is 1. The summed E-state index contributed by atoms with van der Waals surface area (Å²) >= 11 is 0. The molecule has 90 valence electrons. The van der Waals surface area contributed by atoms with Crippen molar-refractivity contribution in [2.45, 2.75) is 64.1 Å². The van der Waals surface area contributed by atoms with Crippen LogP contribution in [0.25, 0.3) is 0 Å². The van der Waals surface area contributed by atoms with Crippen molar-refractivity contribution in [1.82, 2.24) is 0 Å². The van der Waals surface area contributed by atoms with Crippen molar-refractivity contribution in [2.24, 2.45) is 0 Å². The van der Waals surface area contributed by atoms with E-state index in [1.54, 1.807) is 0 Å². The highest BCUT2D eigenvalue weighted by atomic mass is 28.4. The maximum absolute atomic E-state index is 9.22. The highest BCUT2D eigenvalue weighted by Gasteiger charge is 2.39. The molecule has 1 heterocycles. The molecule has 1 fully saturated rings. The predicted molar refractivity (Wildman–Crippen MR) is 63.3 cm³/mol. The zero-order chi connectivity index (χ0) is 11.7. The monoisotopic (exact) mass is 232 g/mol. The lowest BCUT2D eigenvalue weighted by Crippen LogP contribution is -2.46. The van der Waals surface area contributed by atoms with Gasteiger partial charge in [0.15, 0.2) is 14.6 Å². The summed E-state index contributed by atoms with van der Waals surface area (Å²) in [7, 11) is -1.68. The van der Waals surface area contributed by atoms with Gasteiger partial charge in [0.25, 0.3) is 0 Å². The minimum Gasteiger partial charge on any atom is -0.412 e. The van der Waals surface area contributed by atoms with E-state index in [-0.39, 0.29) is 11.1 Å². The van der Waals surface area contributed by atoms with Crippen LogP contribution in [0.4, 0.5) is 0 Å². The number of ether oxygens (including phenoxy) is 1. The van der Waals surface area contributed by atoms with Crippen molar-refractivity contribution in [2.75, 3.05) is 6.61 Å². The molecule has 0 amide bonds. The third-order valence-electron chi connectivity index (χ3n) is 3.48. The first-order valence-corrected chi connectivity index (χ1v) is 8.61. The van der Waals surface area contributed by atoms with Crippen molar-refractivity contribution in [3.05, 3.63) is 0 Å². The highest BCUT2D eigenvalue weighted by molar-refractivity contribution is 6.74. The second-order valence-electron chi connectivity index (χ2n) is 5.87. The van der Waals surface area contributed by atoms with Crippen LogP contribution in [0, 0.1) is 0 Å². The van der Waals surface area contributed by atoms with Gasteiger partial charge in [-0.25, -0.2) is 0 Å². The summed E-state index contributed by atoms with van der Waals surface area (Å²) in [5, 5.41) is 9.46. The lowest BCUT2D eigenvalue weighted by atomic mass is 10.1. The van der Waals surface area contributed by atoms with Gasteiger partial charge in [0.2, 0.25) is 0 Å². The van der Waals surface area contributed by atoms with Gasteiger partial charge < -0.3 is 14.3 Å². The maximum Gasteiger partial charge on any atom is 0.192 e. The second kappa shape index (κ2) is 4.53. The van der Waals surface area contributed by atoms with Gasteiger partial charge in [-0.05, 0) is 24.6 Å². The average molecular weight is 232 g/mol. The second-order valence-corrected chi connectivity index (χ2v) is 10.6. The standard InChI is InChI=1S/C11H24O3Si/c1-11(2,3)15(4,5)14-9-6-7-10(12)13-8-9/h9-10,12H,6-8H2,1-5H3/t9-,10?/m0/s1. The summed E-state index contributed by atoms with van der Waals surface area (Å²) in [6.45, 7) is 11.7. The normalized spacial score (nSPS) is 29.2. The lowest BCUT2D eigenvalue weighted by Gasteiger charge is -2.40. The predicted octanol–water partition coefficient (Wildman–Crippen LogP) is 2.51. The van der Waals surface area contributed by atoms with E-state index in [0.717, 1.165) is 6.42 Å². The number of hydrogen-bond acceptors (Lipinski definition) is 3. The molecule has 0 aromatic heterocycles. The minimum atomic E-state index is -1.68. The number of rotatable bonds is 2. The van der Waals surface area contributed by atoms with Gasteiger partial charge in [-0.3, -0.25) is 0 Å². The van der Waals surface area contributed by atoms with Crippen LogP contribution in [0.15, 0.2) is 0 Å². The van der Waals surface area contributed by atoms with Crippen molar-refractivity contribution < 1.29 is 14.3 Å². The van der Waals surface area contributed by atoms with Crippen LogP contribution in [0.5, 0.6) is 0 Å². The Hall–Kier alpha value is 0.0969. The minimum absolute atomic E-state index is 0.175. The van der Waals surface area contributed by atoms with Crippen LogP contribution in [0.2, 0.25) is 18.1 Å². The molecule has 1 aliphatic rings. The molecule has 1 rings (SSSR count). The molecule has 0 aliphatic carbocycles. The highest BCUT2D eigenvalue weighted by Crippen LogP contribution is 2.38. The fourth-order valence-electron chi connectivity index (χ4n) is 1.40.